The maximum atomic E-state index is 13.0. The van der Waals surface area contributed by atoms with E-state index in [9.17, 15) is 17.6 Å². The number of nitrogens with one attached hydrogen (secondary N) is 1. The van der Waals surface area contributed by atoms with E-state index in [2.05, 4.69) is 14.7 Å². The lowest BCUT2D eigenvalue weighted by Crippen LogP contribution is -2.54. The summed E-state index contributed by atoms with van der Waals surface area (Å²) in [7, 11) is -3.91. The van der Waals surface area contributed by atoms with Gasteiger partial charge in [-0.2, -0.15) is 4.72 Å². The molecule has 2 aromatic rings. The molecule has 1 aromatic carbocycles. The molecule has 0 aliphatic carbocycles. The van der Waals surface area contributed by atoms with Crippen LogP contribution in [-0.2, 0) is 14.8 Å². The summed E-state index contributed by atoms with van der Waals surface area (Å²) in [6.45, 7) is 3.51. The van der Waals surface area contributed by atoms with Gasteiger partial charge < -0.3 is 9.80 Å². The van der Waals surface area contributed by atoms with E-state index in [1.807, 2.05) is 4.90 Å². The Hall–Kier alpha value is -2.59. The molecular formula is C17H20FN5O3S. The molecule has 0 saturated carbocycles. The molecule has 1 atom stereocenters. The Kier molecular flexibility index (Phi) is 5.66. The number of hydrogen-bond donors (Lipinski definition) is 1. The fourth-order valence-corrected chi connectivity index (χ4v) is 4.02. The number of nitrogens with zero attached hydrogens (tertiary/aromatic N) is 4. The topological polar surface area (TPSA) is 95.5 Å². The second-order valence-electron chi connectivity index (χ2n) is 6.16. The van der Waals surface area contributed by atoms with Crippen molar-refractivity contribution in [1.29, 1.82) is 0 Å². The molecule has 0 unspecified atom stereocenters. The molecule has 0 bridgehead atoms. The van der Waals surface area contributed by atoms with E-state index in [4.69, 9.17) is 0 Å². The predicted octanol–water partition coefficient (Wildman–Crippen LogP) is 0.631. The first-order chi connectivity index (χ1) is 12.9. The zero-order valence-electron chi connectivity index (χ0n) is 14.7. The van der Waals surface area contributed by atoms with E-state index < -0.39 is 21.9 Å². The lowest BCUT2D eigenvalue weighted by Gasteiger charge is -2.35. The Morgan fingerprint density at radius 2 is 1.70 bits per heavy atom. The Bertz CT molecular complexity index is 885. The number of carbonyl (C=O) groups is 1. The van der Waals surface area contributed by atoms with Gasteiger partial charge in [-0.05, 0) is 37.3 Å². The molecule has 0 spiro atoms. The fourth-order valence-electron chi connectivity index (χ4n) is 2.82. The number of benzene rings is 1. The van der Waals surface area contributed by atoms with Gasteiger partial charge in [0.2, 0.25) is 21.9 Å². The van der Waals surface area contributed by atoms with Crippen molar-refractivity contribution in [2.75, 3.05) is 31.1 Å². The zero-order valence-corrected chi connectivity index (χ0v) is 15.6. The number of anilines is 1. The van der Waals surface area contributed by atoms with Crippen molar-refractivity contribution in [2.24, 2.45) is 0 Å². The molecule has 8 nitrogen and oxygen atoms in total. The quantitative estimate of drug-likeness (QED) is 0.801. The van der Waals surface area contributed by atoms with Crippen molar-refractivity contribution < 1.29 is 17.6 Å². The van der Waals surface area contributed by atoms with Crippen LogP contribution in [0.1, 0.15) is 6.92 Å². The summed E-state index contributed by atoms with van der Waals surface area (Å²) in [4.78, 5) is 24.5. The highest BCUT2D eigenvalue weighted by Crippen LogP contribution is 2.13. The minimum atomic E-state index is -3.91. The van der Waals surface area contributed by atoms with Gasteiger partial charge in [0, 0.05) is 38.6 Å². The smallest absolute Gasteiger partial charge is 0.241 e. The van der Waals surface area contributed by atoms with Crippen LogP contribution < -0.4 is 9.62 Å². The highest BCUT2D eigenvalue weighted by molar-refractivity contribution is 7.89. The summed E-state index contributed by atoms with van der Waals surface area (Å²) in [5, 5.41) is 0. The average molecular weight is 393 g/mol. The molecule has 3 rings (SSSR count). The summed E-state index contributed by atoms with van der Waals surface area (Å²) in [5.41, 5.74) is 0. The Morgan fingerprint density at radius 3 is 2.30 bits per heavy atom. The number of rotatable bonds is 5. The van der Waals surface area contributed by atoms with Crippen LogP contribution in [0, 0.1) is 5.82 Å². The molecule has 0 radical (unpaired) electrons. The molecule has 1 aliphatic rings. The van der Waals surface area contributed by atoms with E-state index in [0.29, 0.717) is 32.1 Å². The molecule has 144 valence electrons. The SMILES string of the molecule is C[C@H](NS(=O)(=O)c1ccc(F)cc1)C(=O)N1CCN(c2ncccn2)CC1. The lowest BCUT2D eigenvalue weighted by atomic mass is 10.2. The average Bonchev–Trinajstić information content (AvgIpc) is 2.68. The molecule has 1 amide bonds. The van der Waals surface area contributed by atoms with Gasteiger partial charge in [0.15, 0.2) is 0 Å². The van der Waals surface area contributed by atoms with E-state index in [-0.39, 0.29) is 10.8 Å². The number of aromatic nitrogens is 2. The number of sulfonamides is 1. The molecule has 1 aromatic heterocycles. The Balaban J connectivity index is 1.59. The Morgan fingerprint density at radius 1 is 1.11 bits per heavy atom. The van der Waals surface area contributed by atoms with Crippen molar-refractivity contribution in [3.05, 3.63) is 48.5 Å². The molecule has 1 saturated heterocycles. The van der Waals surface area contributed by atoms with Crippen LogP contribution in [0.15, 0.2) is 47.6 Å². The lowest BCUT2D eigenvalue weighted by molar-refractivity contribution is -0.132. The van der Waals surface area contributed by atoms with Gasteiger partial charge in [0.1, 0.15) is 5.82 Å². The largest absolute Gasteiger partial charge is 0.338 e. The molecular weight excluding hydrogens is 373 g/mol. The molecule has 2 heterocycles. The maximum Gasteiger partial charge on any atom is 0.241 e. The van der Waals surface area contributed by atoms with E-state index in [1.165, 1.54) is 6.92 Å². The van der Waals surface area contributed by atoms with Crippen LogP contribution in [0.2, 0.25) is 0 Å². The Labute approximate surface area is 157 Å². The summed E-state index contributed by atoms with van der Waals surface area (Å²) < 4.78 is 40.0. The van der Waals surface area contributed by atoms with Gasteiger partial charge in [-0.1, -0.05) is 0 Å². The van der Waals surface area contributed by atoms with Crippen molar-refractivity contribution >= 4 is 21.9 Å². The van der Waals surface area contributed by atoms with Crippen molar-refractivity contribution in [2.45, 2.75) is 17.9 Å². The highest BCUT2D eigenvalue weighted by Gasteiger charge is 2.28. The van der Waals surface area contributed by atoms with E-state index in [1.54, 1.807) is 23.4 Å². The van der Waals surface area contributed by atoms with Crippen molar-refractivity contribution in [1.82, 2.24) is 19.6 Å². The van der Waals surface area contributed by atoms with E-state index in [0.717, 1.165) is 24.3 Å². The van der Waals surface area contributed by atoms with Crippen LogP contribution in [0.4, 0.5) is 10.3 Å². The van der Waals surface area contributed by atoms with Crippen LogP contribution in [-0.4, -0.2) is 61.4 Å². The van der Waals surface area contributed by atoms with Gasteiger partial charge >= 0.3 is 0 Å². The number of piperazine rings is 1. The second-order valence-corrected chi connectivity index (χ2v) is 7.87. The molecule has 1 fully saturated rings. The van der Waals surface area contributed by atoms with E-state index >= 15 is 0 Å². The monoisotopic (exact) mass is 393 g/mol. The summed E-state index contributed by atoms with van der Waals surface area (Å²) in [5.74, 6) is -0.234. The first-order valence-electron chi connectivity index (χ1n) is 8.45. The third kappa shape index (κ3) is 4.58. The zero-order chi connectivity index (χ0) is 19.4. The third-order valence-corrected chi connectivity index (χ3v) is 5.81. The number of carbonyl (C=O) groups excluding carboxylic acids is 1. The number of hydrogen-bond acceptors (Lipinski definition) is 6. The third-order valence-electron chi connectivity index (χ3n) is 4.25. The summed E-state index contributed by atoms with van der Waals surface area (Å²) in [6, 6.07) is 5.25. The summed E-state index contributed by atoms with van der Waals surface area (Å²) >= 11 is 0. The molecule has 1 aliphatic heterocycles. The predicted molar refractivity (Wildman–Crippen MR) is 97.0 cm³/mol. The summed E-state index contributed by atoms with van der Waals surface area (Å²) in [6.07, 6.45) is 3.32. The van der Waals surface area contributed by atoms with Gasteiger partial charge in [0.05, 0.1) is 10.9 Å². The van der Waals surface area contributed by atoms with Crippen molar-refractivity contribution in [3.63, 3.8) is 0 Å². The van der Waals surface area contributed by atoms with Gasteiger partial charge in [-0.3, -0.25) is 4.79 Å². The van der Waals surface area contributed by atoms with Crippen LogP contribution >= 0.6 is 0 Å². The van der Waals surface area contributed by atoms with Gasteiger partial charge in [-0.25, -0.2) is 22.8 Å². The van der Waals surface area contributed by atoms with Crippen molar-refractivity contribution in [3.8, 4) is 0 Å². The molecule has 10 heteroatoms. The normalized spacial score (nSPS) is 16.2. The first-order valence-corrected chi connectivity index (χ1v) is 9.94. The number of halogens is 1. The standard InChI is InChI=1S/C17H20FN5O3S/c1-13(21-27(25,26)15-5-3-14(18)4-6-15)16(24)22-9-11-23(12-10-22)17-19-7-2-8-20-17/h2-8,13,21H,9-12H2,1H3/t13-/m0/s1. The van der Waals surface area contributed by atoms with Crippen LogP contribution in [0.5, 0.6) is 0 Å². The minimum Gasteiger partial charge on any atom is -0.338 e. The second kappa shape index (κ2) is 7.97. The van der Waals surface area contributed by atoms with Gasteiger partial charge in [0.25, 0.3) is 0 Å². The minimum absolute atomic E-state index is 0.0883. The molecule has 27 heavy (non-hydrogen) atoms. The van der Waals surface area contributed by atoms with Crippen LogP contribution in [0.3, 0.4) is 0 Å². The number of amides is 1. The fraction of sp³-hybridized carbons (Fsp3) is 0.353. The highest BCUT2D eigenvalue weighted by atomic mass is 32.2. The van der Waals surface area contributed by atoms with Crippen LogP contribution in [0.25, 0.3) is 0 Å². The molecule has 1 N–H and O–H groups in total. The maximum absolute atomic E-state index is 13.0. The van der Waals surface area contributed by atoms with Gasteiger partial charge in [-0.15, -0.1) is 0 Å². The first kappa shape index (κ1) is 19.2.